The van der Waals surface area contributed by atoms with Crippen molar-refractivity contribution in [3.05, 3.63) is 35.4 Å². The molecule has 0 radical (unpaired) electrons. The fraction of sp³-hybridized carbons (Fsp3) is 0.364. The molecule has 0 heterocycles. The van der Waals surface area contributed by atoms with Crippen LogP contribution in [0.5, 0.6) is 0 Å². The van der Waals surface area contributed by atoms with Crippen molar-refractivity contribution in [2.75, 3.05) is 13.6 Å². The average Bonchev–Trinajstić information content (AvgIpc) is 2.29. The van der Waals surface area contributed by atoms with E-state index in [9.17, 15) is 8.42 Å². The fourth-order valence-electron chi connectivity index (χ4n) is 1.46. The topological polar surface area (TPSA) is 75.4 Å². The van der Waals surface area contributed by atoms with Gasteiger partial charge in [-0.2, -0.15) is 12.7 Å². The number of hydrogen-bond donors (Lipinski definition) is 2. The third-order valence-corrected chi connectivity index (χ3v) is 4.19. The number of nitrogens with zero attached hydrogens (tertiary/aromatic N) is 1. The monoisotopic (exact) mass is 287 g/mol. The maximum absolute atomic E-state index is 11.7. The first-order chi connectivity index (χ1) is 8.36. The van der Waals surface area contributed by atoms with Crippen molar-refractivity contribution in [2.45, 2.75) is 13.5 Å². The number of benzene rings is 1. The lowest BCUT2D eigenvalue weighted by molar-refractivity contribution is 0.456. The van der Waals surface area contributed by atoms with E-state index in [1.54, 1.807) is 25.1 Å². The molecule has 0 amide bonds. The standard InChI is InChI=1S/C11H17N3O2S2/c1-3-13-18(15,16)14(2)8-9-5-4-6-10(7-9)11(12)17/h4-7,13H,3,8H2,1-2H3,(H2,12,17). The van der Waals surface area contributed by atoms with Crippen molar-refractivity contribution in [2.24, 2.45) is 5.73 Å². The van der Waals surface area contributed by atoms with Crippen molar-refractivity contribution in [3.8, 4) is 0 Å². The molecular formula is C11H17N3O2S2. The zero-order valence-corrected chi connectivity index (χ0v) is 12.0. The second-order valence-electron chi connectivity index (χ2n) is 3.82. The molecule has 1 aromatic rings. The van der Waals surface area contributed by atoms with E-state index in [4.69, 9.17) is 18.0 Å². The molecule has 0 saturated carbocycles. The summed E-state index contributed by atoms with van der Waals surface area (Å²) < 4.78 is 27.1. The maximum atomic E-state index is 11.7. The lowest BCUT2D eigenvalue weighted by atomic mass is 10.1. The highest BCUT2D eigenvalue weighted by molar-refractivity contribution is 7.87. The lowest BCUT2D eigenvalue weighted by Crippen LogP contribution is -2.37. The van der Waals surface area contributed by atoms with Gasteiger partial charge in [-0.1, -0.05) is 37.3 Å². The van der Waals surface area contributed by atoms with Gasteiger partial charge in [-0.05, 0) is 11.6 Å². The van der Waals surface area contributed by atoms with Gasteiger partial charge in [0.15, 0.2) is 0 Å². The summed E-state index contributed by atoms with van der Waals surface area (Å²) in [4.78, 5) is 0.300. The summed E-state index contributed by atoms with van der Waals surface area (Å²) in [6.45, 7) is 2.37. The van der Waals surface area contributed by atoms with E-state index in [-0.39, 0.29) is 6.54 Å². The molecule has 0 aliphatic heterocycles. The summed E-state index contributed by atoms with van der Waals surface area (Å²) in [6, 6.07) is 7.22. The molecule has 1 rings (SSSR count). The minimum absolute atomic E-state index is 0.270. The molecule has 5 nitrogen and oxygen atoms in total. The van der Waals surface area contributed by atoms with Gasteiger partial charge in [0.2, 0.25) is 0 Å². The van der Waals surface area contributed by atoms with Crippen LogP contribution in [-0.2, 0) is 16.8 Å². The van der Waals surface area contributed by atoms with Gasteiger partial charge in [-0.3, -0.25) is 0 Å². The molecule has 0 aliphatic carbocycles. The van der Waals surface area contributed by atoms with Crippen molar-refractivity contribution in [1.29, 1.82) is 0 Å². The molecule has 0 aromatic heterocycles. The summed E-state index contributed by atoms with van der Waals surface area (Å²) in [5, 5.41) is 0. The molecule has 0 fully saturated rings. The van der Waals surface area contributed by atoms with Gasteiger partial charge in [-0.25, -0.2) is 4.72 Å². The van der Waals surface area contributed by atoms with Crippen LogP contribution in [-0.4, -0.2) is 31.3 Å². The first-order valence-corrected chi connectivity index (χ1v) is 7.31. The third kappa shape index (κ3) is 4.02. The van der Waals surface area contributed by atoms with Gasteiger partial charge in [0.1, 0.15) is 4.99 Å². The largest absolute Gasteiger partial charge is 0.389 e. The Hall–Kier alpha value is -1.02. The second kappa shape index (κ2) is 6.24. The summed E-state index contributed by atoms with van der Waals surface area (Å²) >= 11 is 4.88. The summed E-state index contributed by atoms with van der Waals surface area (Å²) in [5.41, 5.74) is 7.10. The fourth-order valence-corrected chi connectivity index (χ4v) is 2.49. The van der Waals surface area contributed by atoms with Crippen LogP contribution in [0.15, 0.2) is 24.3 Å². The Balaban J connectivity index is 2.85. The lowest BCUT2D eigenvalue weighted by Gasteiger charge is -2.17. The summed E-state index contributed by atoms with van der Waals surface area (Å²) in [5.74, 6) is 0. The zero-order valence-electron chi connectivity index (χ0n) is 10.4. The van der Waals surface area contributed by atoms with Crippen molar-refractivity contribution in [1.82, 2.24) is 9.03 Å². The summed E-state index contributed by atoms with van der Waals surface area (Å²) in [6.07, 6.45) is 0. The Kier molecular flexibility index (Phi) is 5.21. The molecule has 7 heteroatoms. The minimum Gasteiger partial charge on any atom is -0.389 e. The molecule has 100 valence electrons. The molecule has 0 aliphatic rings. The molecule has 1 aromatic carbocycles. The SMILES string of the molecule is CCNS(=O)(=O)N(C)Cc1cccc(C(N)=S)c1. The van der Waals surface area contributed by atoms with E-state index in [0.717, 1.165) is 11.1 Å². The van der Waals surface area contributed by atoms with Gasteiger partial charge < -0.3 is 5.73 Å². The van der Waals surface area contributed by atoms with Crippen molar-refractivity contribution in [3.63, 3.8) is 0 Å². The van der Waals surface area contributed by atoms with Crippen LogP contribution in [0.2, 0.25) is 0 Å². The first-order valence-electron chi connectivity index (χ1n) is 5.46. The zero-order chi connectivity index (χ0) is 13.8. The highest BCUT2D eigenvalue weighted by Crippen LogP contribution is 2.09. The average molecular weight is 287 g/mol. The molecule has 0 bridgehead atoms. The molecule has 3 N–H and O–H groups in total. The number of thiocarbonyl (C=S) groups is 1. The molecule has 0 unspecified atom stereocenters. The highest BCUT2D eigenvalue weighted by atomic mass is 32.2. The molecule has 0 spiro atoms. The Morgan fingerprint density at radius 2 is 2.17 bits per heavy atom. The highest BCUT2D eigenvalue weighted by Gasteiger charge is 2.16. The Morgan fingerprint density at radius 1 is 1.50 bits per heavy atom. The van der Waals surface area contributed by atoms with E-state index < -0.39 is 10.2 Å². The Labute approximate surface area is 113 Å². The van der Waals surface area contributed by atoms with Crippen molar-refractivity contribution < 1.29 is 8.42 Å². The van der Waals surface area contributed by atoms with Gasteiger partial charge in [0.25, 0.3) is 10.2 Å². The maximum Gasteiger partial charge on any atom is 0.279 e. The molecular weight excluding hydrogens is 270 g/mol. The van der Waals surface area contributed by atoms with Crippen LogP contribution in [0.25, 0.3) is 0 Å². The van der Waals surface area contributed by atoms with Crippen LogP contribution >= 0.6 is 12.2 Å². The first kappa shape index (κ1) is 15.0. The van der Waals surface area contributed by atoms with Gasteiger partial charge >= 0.3 is 0 Å². The smallest absolute Gasteiger partial charge is 0.279 e. The van der Waals surface area contributed by atoms with Crippen LogP contribution in [0.3, 0.4) is 0 Å². The minimum atomic E-state index is -3.42. The molecule has 18 heavy (non-hydrogen) atoms. The van der Waals surface area contributed by atoms with Crippen LogP contribution in [0.4, 0.5) is 0 Å². The number of rotatable bonds is 6. The number of hydrogen-bond acceptors (Lipinski definition) is 3. The van der Waals surface area contributed by atoms with Gasteiger partial charge in [0, 0.05) is 25.7 Å². The number of nitrogens with one attached hydrogen (secondary N) is 1. The van der Waals surface area contributed by atoms with Crippen LogP contribution < -0.4 is 10.5 Å². The quantitative estimate of drug-likeness (QED) is 0.752. The van der Waals surface area contributed by atoms with Gasteiger partial charge in [-0.15, -0.1) is 0 Å². The van der Waals surface area contributed by atoms with Gasteiger partial charge in [0.05, 0.1) is 0 Å². The predicted octanol–water partition coefficient (Wildman–Crippen LogP) is 0.607. The Bertz CT molecular complexity index is 529. The predicted molar refractivity (Wildman–Crippen MR) is 76.4 cm³/mol. The third-order valence-electron chi connectivity index (χ3n) is 2.35. The molecule has 0 atom stereocenters. The normalized spacial score (nSPS) is 11.7. The summed E-state index contributed by atoms with van der Waals surface area (Å²) in [7, 11) is -1.90. The second-order valence-corrected chi connectivity index (χ2v) is 6.13. The van der Waals surface area contributed by atoms with E-state index >= 15 is 0 Å². The van der Waals surface area contributed by atoms with Crippen molar-refractivity contribution >= 4 is 27.4 Å². The molecule has 0 saturated heterocycles. The number of nitrogens with two attached hydrogens (primary N) is 1. The van der Waals surface area contributed by atoms with Crippen LogP contribution in [0.1, 0.15) is 18.1 Å². The van der Waals surface area contributed by atoms with E-state index in [1.165, 1.54) is 11.4 Å². The van der Waals surface area contributed by atoms with E-state index in [2.05, 4.69) is 4.72 Å². The Morgan fingerprint density at radius 3 is 2.72 bits per heavy atom. The van der Waals surface area contributed by atoms with E-state index in [1.807, 2.05) is 6.07 Å². The van der Waals surface area contributed by atoms with Crippen LogP contribution in [0, 0.1) is 0 Å². The van der Waals surface area contributed by atoms with E-state index in [0.29, 0.717) is 11.5 Å².